The minimum atomic E-state index is 0.788. The summed E-state index contributed by atoms with van der Waals surface area (Å²) in [5.74, 6) is 2.54. The maximum absolute atomic E-state index is 5.63. The van der Waals surface area contributed by atoms with Crippen LogP contribution in [0.1, 0.15) is 36.1 Å². The van der Waals surface area contributed by atoms with Gasteiger partial charge in [0.1, 0.15) is 0 Å². The van der Waals surface area contributed by atoms with E-state index in [0.717, 1.165) is 87.7 Å². The number of hydrogen-bond acceptors (Lipinski definition) is 7. The number of piperazine rings is 1. The second-order valence-corrected chi connectivity index (χ2v) is 9.18. The van der Waals surface area contributed by atoms with Crippen molar-refractivity contribution in [1.82, 2.24) is 19.8 Å². The Hall–Kier alpha value is -2.38. The fourth-order valence-electron chi connectivity index (χ4n) is 5.18. The molecule has 0 spiro atoms. The summed E-state index contributed by atoms with van der Waals surface area (Å²) in [6.07, 6.45) is 8.18. The fraction of sp³-hybridized carbons (Fsp3) is 0.600. The number of rotatable bonds is 6. The molecule has 5 rings (SSSR count). The van der Waals surface area contributed by atoms with Gasteiger partial charge in [-0.1, -0.05) is 18.6 Å². The van der Waals surface area contributed by atoms with Crippen molar-refractivity contribution in [3.8, 4) is 11.5 Å². The number of methoxy groups -OCH3 is 2. The number of nitrogens with zero attached hydrogens (tertiary/aromatic N) is 5. The molecule has 1 saturated carbocycles. The quantitative estimate of drug-likeness (QED) is 0.689. The Morgan fingerprint density at radius 1 is 0.969 bits per heavy atom. The summed E-state index contributed by atoms with van der Waals surface area (Å²) in [5.41, 5.74) is 3.67. The average Bonchev–Trinajstić information content (AvgIpc) is 3.00. The molecule has 32 heavy (non-hydrogen) atoms. The molecule has 3 aliphatic rings. The van der Waals surface area contributed by atoms with Gasteiger partial charge in [-0.3, -0.25) is 9.80 Å². The van der Waals surface area contributed by atoms with Crippen LogP contribution in [-0.4, -0.2) is 79.3 Å². The second kappa shape index (κ2) is 9.63. The van der Waals surface area contributed by atoms with Gasteiger partial charge in [0.2, 0.25) is 5.95 Å². The van der Waals surface area contributed by atoms with Gasteiger partial charge >= 0.3 is 0 Å². The lowest BCUT2D eigenvalue weighted by atomic mass is 9.91. The predicted molar refractivity (Wildman–Crippen MR) is 126 cm³/mol. The van der Waals surface area contributed by atoms with Crippen LogP contribution in [-0.2, 0) is 19.4 Å². The van der Waals surface area contributed by atoms with Crippen LogP contribution in [0.15, 0.2) is 24.4 Å². The van der Waals surface area contributed by atoms with E-state index in [-0.39, 0.29) is 0 Å². The van der Waals surface area contributed by atoms with E-state index in [2.05, 4.69) is 27.0 Å². The van der Waals surface area contributed by atoms with Gasteiger partial charge in [0.15, 0.2) is 11.5 Å². The zero-order valence-corrected chi connectivity index (χ0v) is 19.4. The highest BCUT2D eigenvalue weighted by molar-refractivity contribution is 5.46. The Kier molecular flexibility index (Phi) is 6.46. The van der Waals surface area contributed by atoms with Gasteiger partial charge in [-0.15, -0.1) is 0 Å². The third kappa shape index (κ3) is 4.41. The third-order valence-corrected chi connectivity index (χ3v) is 7.37. The van der Waals surface area contributed by atoms with Gasteiger partial charge in [-0.05, 0) is 30.9 Å². The van der Waals surface area contributed by atoms with Crippen LogP contribution in [0.5, 0.6) is 11.5 Å². The molecule has 7 heteroatoms. The molecule has 1 aromatic heterocycles. The molecule has 0 radical (unpaired) electrons. The van der Waals surface area contributed by atoms with Crippen LogP contribution in [0.3, 0.4) is 0 Å². The Morgan fingerprint density at radius 3 is 2.50 bits per heavy atom. The van der Waals surface area contributed by atoms with Crippen molar-refractivity contribution in [2.45, 2.75) is 44.7 Å². The molecule has 1 aliphatic carbocycles. The summed E-state index contributed by atoms with van der Waals surface area (Å²) in [7, 11) is 3.40. The van der Waals surface area contributed by atoms with Gasteiger partial charge in [-0.2, -0.15) is 0 Å². The number of anilines is 1. The van der Waals surface area contributed by atoms with E-state index in [4.69, 9.17) is 19.4 Å². The number of benzene rings is 1. The van der Waals surface area contributed by atoms with Crippen LogP contribution < -0.4 is 14.4 Å². The lowest BCUT2D eigenvalue weighted by molar-refractivity contribution is 0.120. The molecule has 0 atom stereocenters. The maximum Gasteiger partial charge on any atom is 0.225 e. The largest absolute Gasteiger partial charge is 0.493 e. The predicted octanol–water partition coefficient (Wildman–Crippen LogP) is 2.77. The standard InChI is InChI=1S/C25H35N5O2/c1-31-23-8-3-5-20(24(23)32-2)18-28-11-9-19-17-26-25(27-22(19)10-12-28)30-15-13-29(14-16-30)21-6-4-7-21/h3,5,8,17,21H,4,6-7,9-16,18H2,1-2H3. The molecule has 0 amide bonds. The summed E-state index contributed by atoms with van der Waals surface area (Å²) in [6.45, 7) is 7.18. The average molecular weight is 438 g/mol. The van der Waals surface area contributed by atoms with Crippen LogP contribution in [0.2, 0.25) is 0 Å². The van der Waals surface area contributed by atoms with Crippen LogP contribution in [0.4, 0.5) is 5.95 Å². The minimum absolute atomic E-state index is 0.788. The number of fused-ring (bicyclic) bond motifs is 1. The van der Waals surface area contributed by atoms with E-state index in [1.807, 2.05) is 12.1 Å². The van der Waals surface area contributed by atoms with Crippen molar-refractivity contribution >= 4 is 5.95 Å². The number of hydrogen-bond donors (Lipinski definition) is 0. The molecule has 0 N–H and O–H groups in total. The van der Waals surface area contributed by atoms with Gasteiger partial charge in [-0.25, -0.2) is 9.97 Å². The van der Waals surface area contributed by atoms with Gasteiger partial charge in [0.25, 0.3) is 0 Å². The molecule has 1 aromatic carbocycles. The molecule has 2 aromatic rings. The maximum atomic E-state index is 5.63. The van der Waals surface area contributed by atoms with Crippen molar-refractivity contribution < 1.29 is 9.47 Å². The lowest BCUT2D eigenvalue weighted by Crippen LogP contribution is -2.52. The van der Waals surface area contributed by atoms with E-state index in [9.17, 15) is 0 Å². The van der Waals surface area contributed by atoms with Gasteiger partial charge in [0, 0.05) is 70.0 Å². The van der Waals surface area contributed by atoms with E-state index >= 15 is 0 Å². The number of aromatic nitrogens is 2. The highest BCUT2D eigenvalue weighted by Crippen LogP contribution is 2.32. The summed E-state index contributed by atoms with van der Waals surface area (Å²) < 4.78 is 11.1. The molecule has 3 heterocycles. The molecular formula is C25H35N5O2. The normalized spacial score (nSPS) is 20.4. The van der Waals surface area contributed by atoms with Crippen LogP contribution >= 0.6 is 0 Å². The SMILES string of the molecule is COc1cccc(CN2CCc3cnc(N4CCN(C5CCC5)CC4)nc3CC2)c1OC. The highest BCUT2D eigenvalue weighted by atomic mass is 16.5. The Bertz CT molecular complexity index is 925. The number of para-hydroxylation sites is 1. The molecule has 2 aliphatic heterocycles. The second-order valence-electron chi connectivity index (χ2n) is 9.18. The fourth-order valence-corrected chi connectivity index (χ4v) is 5.18. The topological polar surface area (TPSA) is 54.0 Å². The van der Waals surface area contributed by atoms with Crippen molar-refractivity contribution in [3.05, 3.63) is 41.2 Å². The molecule has 7 nitrogen and oxygen atoms in total. The molecule has 0 unspecified atom stereocenters. The number of ether oxygens (including phenoxy) is 2. The highest BCUT2D eigenvalue weighted by Gasteiger charge is 2.29. The first-order chi connectivity index (χ1) is 15.7. The van der Waals surface area contributed by atoms with Gasteiger partial charge in [0.05, 0.1) is 19.9 Å². The third-order valence-electron chi connectivity index (χ3n) is 7.37. The van der Waals surface area contributed by atoms with Crippen molar-refractivity contribution in [2.24, 2.45) is 0 Å². The first-order valence-corrected chi connectivity index (χ1v) is 12.0. The monoisotopic (exact) mass is 437 g/mol. The lowest BCUT2D eigenvalue weighted by Gasteiger charge is -2.43. The minimum Gasteiger partial charge on any atom is -0.493 e. The zero-order chi connectivity index (χ0) is 21.9. The Balaban J connectivity index is 1.22. The van der Waals surface area contributed by atoms with E-state index in [1.54, 1.807) is 14.2 Å². The van der Waals surface area contributed by atoms with Crippen molar-refractivity contribution in [1.29, 1.82) is 0 Å². The van der Waals surface area contributed by atoms with E-state index in [0.29, 0.717) is 0 Å². The summed E-state index contributed by atoms with van der Waals surface area (Å²) >= 11 is 0. The first kappa shape index (κ1) is 21.5. The van der Waals surface area contributed by atoms with Gasteiger partial charge < -0.3 is 14.4 Å². The first-order valence-electron chi connectivity index (χ1n) is 12.0. The molecule has 0 bridgehead atoms. The molecule has 1 saturated heterocycles. The Labute approximate surface area is 191 Å². The summed E-state index contributed by atoms with van der Waals surface area (Å²) in [4.78, 5) is 17.3. The van der Waals surface area contributed by atoms with Crippen molar-refractivity contribution in [3.63, 3.8) is 0 Å². The van der Waals surface area contributed by atoms with E-state index in [1.165, 1.54) is 30.5 Å². The van der Waals surface area contributed by atoms with Crippen LogP contribution in [0.25, 0.3) is 0 Å². The molecule has 172 valence electrons. The molecule has 2 fully saturated rings. The Morgan fingerprint density at radius 2 is 1.78 bits per heavy atom. The smallest absolute Gasteiger partial charge is 0.225 e. The molecular weight excluding hydrogens is 402 g/mol. The zero-order valence-electron chi connectivity index (χ0n) is 19.4. The van der Waals surface area contributed by atoms with Crippen molar-refractivity contribution in [2.75, 3.05) is 58.4 Å². The van der Waals surface area contributed by atoms with E-state index < -0.39 is 0 Å². The van der Waals surface area contributed by atoms with Crippen LogP contribution in [0, 0.1) is 0 Å². The summed E-state index contributed by atoms with van der Waals surface area (Å²) in [6, 6.07) is 6.94. The summed E-state index contributed by atoms with van der Waals surface area (Å²) in [5, 5.41) is 0.